The number of benzene rings is 1. The fourth-order valence-electron chi connectivity index (χ4n) is 2.22. The van der Waals surface area contributed by atoms with Gasteiger partial charge >= 0.3 is 0 Å². The Labute approximate surface area is 150 Å². The van der Waals surface area contributed by atoms with Crippen LogP contribution in [0.3, 0.4) is 0 Å². The molecule has 0 bridgehead atoms. The van der Waals surface area contributed by atoms with Gasteiger partial charge in [0.15, 0.2) is 17.3 Å². The lowest BCUT2D eigenvalue weighted by molar-refractivity contribution is 0.304. The van der Waals surface area contributed by atoms with Crippen LogP contribution in [0, 0.1) is 12.7 Å². The Morgan fingerprint density at radius 2 is 1.63 bits per heavy atom. The predicted octanol–water partition coefficient (Wildman–Crippen LogP) is 2.42. The first-order valence-electron chi connectivity index (χ1n) is 7.73. The van der Waals surface area contributed by atoms with Gasteiger partial charge in [-0.1, -0.05) is 5.16 Å². The van der Waals surface area contributed by atoms with Crippen molar-refractivity contribution in [2.24, 2.45) is 5.10 Å². The van der Waals surface area contributed by atoms with E-state index in [1.807, 2.05) is 0 Å². The van der Waals surface area contributed by atoms with Gasteiger partial charge in [-0.05, 0) is 53.6 Å². The molecular formula is C15H12FN9O2. The normalized spacial score (nSPS) is 11.7. The second-order valence-corrected chi connectivity index (χ2v) is 5.47. The number of rotatable bonds is 5. The largest absolute Gasteiger partial charge is 0.337 e. The van der Waals surface area contributed by atoms with Crippen molar-refractivity contribution in [2.75, 3.05) is 10.7 Å². The minimum absolute atomic E-state index is 0.203. The Balaban J connectivity index is 1.67. The van der Waals surface area contributed by atoms with E-state index in [1.165, 1.54) is 12.1 Å². The molecule has 12 heteroatoms. The smallest absolute Gasteiger partial charge is 0.245 e. The standard InChI is InChI=1S/C15H12FN9O2/c1-7(11-8(2)22-26-23-11)20-21-13-12(17-10-5-3-9(16)4-6-10)18-14-15(19-13)25-27-24-14/h3-6H,1-2H3,(H,17,18,24)(H,19,21,25)/b20-7-. The third kappa shape index (κ3) is 3.40. The first-order chi connectivity index (χ1) is 13.1. The summed E-state index contributed by atoms with van der Waals surface area (Å²) in [5, 5.41) is 22.1. The molecule has 0 aliphatic heterocycles. The van der Waals surface area contributed by atoms with Crippen LogP contribution in [-0.2, 0) is 0 Å². The monoisotopic (exact) mass is 369 g/mol. The molecule has 27 heavy (non-hydrogen) atoms. The van der Waals surface area contributed by atoms with Gasteiger partial charge in [0.1, 0.15) is 11.5 Å². The highest BCUT2D eigenvalue weighted by atomic mass is 19.1. The van der Waals surface area contributed by atoms with Crippen molar-refractivity contribution in [1.29, 1.82) is 0 Å². The van der Waals surface area contributed by atoms with Crippen molar-refractivity contribution in [3.63, 3.8) is 0 Å². The molecule has 1 aromatic carbocycles. The van der Waals surface area contributed by atoms with Crippen molar-refractivity contribution in [3.05, 3.63) is 41.5 Å². The first-order valence-corrected chi connectivity index (χ1v) is 7.73. The third-order valence-corrected chi connectivity index (χ3v) is 3.55. The number of hydrogen-bond donors (Lipinski definition) is 2. The summed E-state index contributed by atoms with van der Waals surface area (Å²) in [4.78, 5) is 8.58. The summed E-state index contributed by atoms with van der Waals surface area (Å²) in [6, 6.07) is 5.76. The number of nitrogens with one attached hydrogen (secondary N) is 2. The molecule has 0 unspecified atom stereocenters. The van der Waals surface area contributed by atoms with Gasteiger partial charge < -0.3 is 5.32 Å². The van der Waals surface area contributed by atoms with E-state index in [4.69, 9.17) is 0 Å². The highest BCUT2D eigenvalue weighted by molar-refractivity contribution is 5.98. The lowest BCUT2D eigenvalue weighted by atomic mass is 10.2. The highest BCUT2D eigenvalue weighted by Gasteiger charge is 2.14. The van der Waals surface area contributed by atoms with Gasteiger partial charge in [0.25, 0.3) is 0 Å². The van der Waals surface area contributed by atoms with Crippen molar-refractivity contribution in [2.45, 2.75) is 13.8 Å². The molecule has 136 valence electrons. The van der Waals surface area contributed by atoms with Crippen molar-refractivity contribution in [1.82, 2.24) is 30.6 Å². The maximum atomic E-state index is 13.1. The Bertz CT molecular complexity index is 1120. The van der Waals surface area contributed by atoms with Crippen LogP contribution in [0.1, 0.15) is 18.3 Å². The van der Waals surface area contributed by atoms with Crippen molar-refractivity contribution < 1.29 is 13.6 Å². The zero-order chi connectivity index (χ0) is 18.8. The highest BCUT2D eigenvalue weighted by Crippen LogP contribution is 2.24. The quantitative estimate of drug-likeness (QED) is 0.398. The van der Waals surface area contributed by atoms with E-state index in [9.17, 15) is 4.39 Å². The van der Waals surface area contributed by atoms with Gasteiger partial charge in [-0.2, -0.15) is 10.1 Å². The molecule has 0 aliphatic rings. The van der Waals surface area contributed by atoms with E-state index in [2.05, 4.69) is 55.7 Å². The summed E-state index contributed by atoms with van der Waals surface area (Å²) in [7, 11) is 0. The van der Waals surface area contributed by atoms with Crippen LogP contribution in [0.25, 0.3) is 11.3 Å². The van der Waals surface area contributed by atoms with Gasteiger partial charge in [-0.25, -0.2) is 18.6 Å². The number of aromatic nitrogens is 6. The maximum absolute atomic E-state index is 13.1. The number of anilines is 3. The lowest BCUT2D eigenvalue weighted by Crippen LogP contribution is -2.06. The summed E-state index contributed by atoms with van der Waals surface area (Å²) in [5.41, 5.74) is 5.45. The first kappa shape index (κ1) is 16.5. The average molecular weight is 369 g/mol. The fourth-order valence-corrected chi connectivity index (χ4v) is 2.22. The zero-order valence-electron chi connectivity index (χ0n) is 14.1. The van der Waals surface area contributed by atoms with E-state index in [-0.39, 0.29) is 22.9 Å². The van der Waals surface area contributed by atoms with Crippen molar-refractivity contribution >= 4 is 34.3 Å². The number of fused-ring (bicyclic) bond motifs is 1. The molecular weight excluding hydrogens is 357 g/mol. The van der Waals surface area contributed by atoms with Gasteiger partial charge in [0.2, 0.25) is 11.3 Å². The van der Waals surface area contributed by atoms with Gasteiger partial charge in [0.05, 0.1) is 5.71 Å². The molecule has 0 fully saturated rings. The molecule has 3 aromatic heterocycles. The molecule has 0 amide bonds. The van der Waals surface area contributed by atoms with E-state index in [0.717, 1.165) is 0 Å². The Hall–Kier alpha value is -3.96. The van der Waals surface area contributed by atoms with E-state index < -0.39 is 0 Å². The van der Waals surface area contributed by atoms with Crippen LogP contribution in [0.15, 0.2) is 38.6 Å². The Morgan fingerprint density at radius 3 is 2.30 bits per heavy atom. The Kier molecular flexibility index (Phi) is 4.12. The van der Waals surface area contributed by atoms with Gasteiger partial charge in [-0.3, -0.25) is 5.43 Å². The van der Waals surface area contributed by atoms with E-state index in [1.54, 1.807) is 26.0 Å². The van der Waals surface area contributed by atoms with E-state index in [0.29, 0.717) is 28.6 Å². The van der Waals surface area contributed by atoms with Crippen LogP contribution in [-0.4, -0.2) is 36.3 Å². The summed E-state index contributed by atoms with van der Waals surface area (Å²) in [6.07, 6.45) is 0. The molecule has 0 saturated carbocycles. The number of halogens is 1. The number of hydrazone groups is 1. The van der Waals surface area contributed by atoms with Crippen LogP contribution in [0.4, 0.5) is 21.7 Å². The minimum Gasteiger partial charge on any atom is -0.337 e. The molecule has 4 rings (SSSR count). The van der Waals surface area contributed by atoms with Crippen LogP contribution < -0.4 is 10.7 Å². The number of hydrogen-bond acceptors (Lipinski definition) is 11. The van der Waals surface area contributed by atoms with Crippen molar-refractivity contribution in [3.8, 4) is 0 Å². The summed E-state index contributed by atoms with van der Waals surface area (Å²) >= 11 is 0. The Morgan fingerprint density at radius 1 is 0.963 bits per heavy atom. The molecule has 11 nitrogen and oxygen atoms in total. The van der Waals surface area contributed by atoms with Crippen LogP contribution in [0.2, 0.25) is 0 Å². The zero-order valence-corrected chi connectivity index (χ0v) is 14.1. The molecule has 0 radical (unpaired) electrons. The molecule has 2 N–H and O–H groups in total. The van der Waals surface area contributed by atoms with Crippen LogP contribution in [0.5, 0.6) is 0 Å². The van der Waals surface area contributed by atoms with Crippen LogP contribution >= 0.6 is 0 Å². The molecule has 0 spiro atoms. The third-order valence-electron chi connectivity index (χ3n) is 3.55. The average Bonchev–Trinajstić information content (AvgIpc) is 3.29. The maximum Gasteiger partial charge on any atom is 0.245 e. The van der Waals surface area contributed by atoms with Gasteiger partial charge in [-0.15, -0.1) is 0 Å². The van der Waals surface area contributed by atoms with Gasteiger partial charge in [0, 0.05) is 5.69 Å². The fraction of sp³-hybridized carbons (Fsp3) is 0.133. The molecule has 0 aliphatic carbocycles. The summed E-state index contributed by atoms with van der Waals surface area (Å²) in [6.45, 7) is 3.48. The predicted molar refractivity (Wildman–Crippen MR) is 91.9 cm³/mol. The molecule has 4 aromatic rings. The topological polar surface area (TPSA) is 140 Å². The minimum atomic E-state index is -0.349. The molecule has 3 heterocycles. The second-order valence-electron chi connectivity index (χ2n) is 5.47. The van der Waals surface area contributed by atoms with E-state index >= 15 is 0 Å². The molecule has 0 atom stereocenters. The lowest BCUT2D eigenvalue weighted by Gasteiger charge is -2.09. The number of nitrogens with zero attached hydrogens (tertiary/aromatic N) is 7. The summed E-state index contributed by atoms with van der Waals surface area (Å²) < 4.78 is 22.4. The summed E-state index contributed by atoms with van der Waals surface area (Å²) in [5.74, 6) is 0.213. The number of aryl methyl sites for hydroxylation is 1. The SMILES string of the molecule is C/C(=N/Nc1nc2nonc2nc1Nc1ccc(F)cc1)c1nonc1C. The second kappa shape index (κ2) is 6.74. The molecule has 0 saturated heterocycles.